The van der Waals surface area contributed by atoms with E-state index >= 15 is 0 Å². The zero-order valence-electron chi connectivity index (χ0n) is 19.4. The number of anilines is 1. The molecule has 0 aliphatic carbocycles. The lowest BCUT2D eigenvalue weighted by molar-refractivity contribution is 0.391. The molecule has 3 aromatic heterocycles. The number of phenolic OH excluding ortho intramolecular Hbond substituents is 1. The third-order valence-electron chi connectivity index (χ3n) is 5.24. The number of nitrogens with zero attached hydrogens (tertiary/aromatic N) is 4. The molecule has 0 saturated heterocycles. The lowest BCUT2D eigenvalue weighted by Gasteiger charge is -2.11. The normalized spacial score (nSPS) is 10.6. The zero-order valence-corrected chi connectivity index (χ0v) is 20.2. The van der Waals surface area contributed by atoms with Gasteiger partial charge < -0.3 is 23.8 Å². The minimum Gasteiger partial charge on any atom is -0.507 e. The van der Waals surface area contributed by atoms with Crippen LogP contribution < -0.4 is 14.2 Å². The van der Waals surface area contributed by atoms with E-state index in [1.165, 1.54) is 7.11 Å². The number of hydrogen-bond acceptors (Lipinski definition) is 9. The Balaban J connectivity index is 1.39. The van der Waals surface area contributed by atoms with Gasteiger partial charge in [0.15, 0.2) is 11.4 Å². The smallest absolute Gasteiger partial charge is 0.191 e. The highest BCUT2D eigenvalue weighted by Crippen LogP contribution is 2.41. The largest absolute Gasteiger partial charge is 0.507 e. The van der Waals surface area contributed by atoms with Crippen LogP contribution in [0.15, 0.2) is 76.7 Å². The summed E-state index contributed by atoms with van der Waals surface area (Å²) in [5.74, 6) is 7.59. The summed E-state index contributed by atoms with van der Waals surface area (Å²) in [4.78, 5) is 4.53. The predicted octanol–water partition coefficient (Wildman–Crippen LogP) is 4.71. The molecule has 5 rings (SSSR count). The third kappa shape index (κ3) is 4.92. The molecular formula is C26H21N5O4S. The van der Waals surface area contributed by atoms with Crippen LogP contribution in [-0.2, 0) is 6.54 Å². The molecule has 5 aromatic rings. The van der Waals surface area contributed by atoms with Gasteiger partial charge in [-0.2, -0.15) is 5.10 Å². The van der Waals surface area contributed by atoms with E-state index in [0.29, 0.717) is 45.3 Å². The number of methoxy groups -OCH3 is 2. The van der Waals surface area contributed by atoms with Gasteiger partial charge in [-0.1, -0.05) is 17.0 Å². The SMILES string of the molecule is COc1cc(C#Cc2cccnc2)cc(O)c1SNc1noc2cc(Cn3cccn3)cc(OC)c12. The first kappa shape index (κ1) is 23.1. The van der Waals surface area contributed by atoms with Crippen LogP contribution in [0.4, 0.5) is 5.82 Å². The molecule has 0 bridgehead atoms. The minimum absolute atomic E-state index is 0.0172. The fourth-order valence-corrected chi connectivity index (χ4v) is 4.33. The maximum Gasteiger partial charge on any atom is 0.191 e. The lowest BCUT2D eigenvalue weighted by Crippen LogP contribution is -2.00. The Bertz CT molecular complexity index is 1560. The van der Waals surface area contributed by atoms with Gasteiger partial charge in [-0.15, -0.1) is 0 Å². The number of benzene rings is 2. The molecule has 0 aliphatic rings. The number of rotatable bonds is 7. The van der Waals surface area contributed by atoms with Gasteiger partial charge in [0, 0.05) is 35.9 Å². The van der Waals surface area contributed by atoms with Gasteiger partial charge >= 0.3 is 0 Å². The average molecular weight is 500 g/mol. The number of nitrogens with one attached hydrogen (secondary N) is 1. The number of phenols is 1. The van der Waals surface area contributed by atoms with Crippen LogP contribution in [0.1, 0.15) is 16.7 Å². The van der Waals surface area contributed by atoms with Crippen molar-refractivity contribution >= 4 is 28.7 Å². The Labute approximate surface area is 211 Å². The minimum atomic E-state index is 0.0172. The van der Waals surface area contributed by atoms with E-state index in [1.807, 2.05) is 41.2 Å². The molecule has 0 amide bonds. The molecular weight excluding hydrogens is 478 g/mol. The first-order chi connectivity index (χ1) is 17.6. The molecule has 9 nitrogen and oxygen atoms in total. The lowest BCUT2D eigenvalue weighted by atomic mass is 10.1. The van der Waals surface area contributed by atoms with Crippen molar-refractivity contribution in [1.82, 2.24) is 19.9 Å². The molecule has 36 heavy (non-hydrogen) atoms. The van der Waals surface area contributed by atoms with E-state index in [2.05, 4.69) is 31.8 Å². The van der Waals surface area contributed by atoms with Crippen LogP contribution in [0.25, 0.3) is 11.0 Å². The first-order valence-electron chi connectivity index (χ1n) is 10.8. The van der Waals surface area contributed by atoms with Crippen LogP contribution in [0.5, 0.6) is 17.2 Å². The van der Waals surface area contributed by atoms with Crippen molar-refractivity contribution in [2.24, 2.45) is 0 Å². The zero-order chi connectivity index (χ0) is 24.9. The van der Waals surface area contributed by atoms with Gasteiger partial charge in [-0.3, -0.25) is 9.67 Å². The third-order valence-corrected chi connectivity index (χ3v) is 6.15. The van der Waals surface area contributed by atoms with Gasteiger partial charge in [-0.05, 0) is 60.0 Å². The quantitative estimate of drug-likeness (QED) is 0.243. The molecule has 0 aliphatic heterocycles. The Morgan fingerprint density at radius 2 is 1.92 bits per heavy atom. The summed E-state index contributed by atoms with van der Waals surface area (Å²) in [6.45, 7) is 0.568. The maximum atomic E-state index is 10.7. The standard InChI is InChI=1S/C26H21N5O4S/c1-33-21-13-19(16-31-10-4-9-28-31)14-22-24(21)26(29-35-22)30-36-25-20(32)11-18(12-23(25)34-2)7-6-17-5-3-8-27-15-17/h3-5,8-15,32H,16H2,1-2H3,(H,29,30). The molecule has 0 radical (unpaired) electrons. The Morgan fingerprint density at radius 1 is 1.06 bits per heavy atom. The van der Waals surface area contributed by atoms with Gasteiger partial charge in [0.2, 0.25) is 0 Å². The summed E-state index contributed by atoms with van der Waals surface area (Å²) >= 11 is 1.15. The highest BCUT2D eigenvalue weighted by molar-refractivity contribution is 8.00. The summed E-state index contributed by atoms with van der Waals surface area (Å²) < 4.78 is 21.6. The van der Waals surface area contributed by atoms with Crippen molar-refractivity contribution in [2.45, 2.75) is 11.4 Å². The van der Waals surface area contributed by atoms with Crippen LogP contribution >= 0.6 is 11.9 Å². The van der Waals surface area contributed by atoms with Crippen LogP contribution in [0, 0.1) is 11.8 Å². The van der Waals surface area contributed by atoms with Crippen molar-refractivity contribution in [2.75, 3.05) is 18.9 Å². The Hall–Kier alpha value is -4.62. The van der Waals surface area contributed by atoms with E-state index in [1.54, 1.807) is 37.8 Å². The molecule has 0 unspecified atom stereocenters. The van der Waals surface area contributed by atoms with E-state index < -0.39 is 0 Å². The first-order valence-corrected chi connectivity index (χ1v) is 11.7. The summed E-state index contributed by atoms with van der Waals surface area (Å²) in [6, 6.07) is 12.7. The number of aromatic hydroxyl groups is 1. The molecule has 0 spiro atoms. The fraction of sp³-hybridized carbons (Fsp3) is 0.115. The summed E-state index contributed by atoms with van der Waals surface area (Å²) in [5.41, 5.74) is 2.91. The van der Waals surface area contributed by atoms with Gasteiger partial charge in [0.25, 0.3) is 0 Å². The topological polar surface area (TPSA) is 107 Å². The average Bonchev–Trinajstić information content (AvgIpc) is 3.56. The van der Waals surface area contributed by atoms with Gasteiger partial charge in [0.05, 0.1) is 20.8 Å². The van der Waals surface area contributed by atoms with Crippen LogP contribution in [-0.4, -0.2) is 39.2 Å². The van der Waals surface area contributed by atoms with Crippen molar-refractivity contribution in [3.63, 3.8) is 0 Å². The second-order valence-electron chi connectivity index (χ2n) is 7.63. The molecule has 2 aromatic carbocycles. The second-order valence-corrected chi connectivity index (χ2v) is 8.45. The van der Waals surface area contributed by atoms with E-state index in [-0.39, 0.29) is 5.75 Å². The number of hydrogen-bond donors (Lipinski definition) is 2. The van der Waals surface area contributed by atoms with E-state index in [9.17, 15) is 5.11 Å². The molecule has 2 N–H and O–H groups in total. The number of pyridine rings is 1. The molecule has 10 heteroatoms. The van der Waals surface area contributed by atoms with Crippen LogP contribution in [0.2, 0.25) is 0 Å². The van der Waals surface area contributed by atoms with Crippen molar-refractivity contribution in [3.8, 4) is 29.1 Å². The molecule has 0 fully saturated rings. The molecule has 0 atom stereocenters. The van der Waals surface area contributed by atoms with Crippen molar-refractivity contribution in [3.05, 3.63) is 83.9 Å². The second kappa shape index (κ2) is 10.3. The summed E-state index contributed by atoms with van der Waals surface area (Å²) in [7, 11) is 3.13. The van der Waals surface area contributed by atoms with Crippen LogP contribution in [0.3, 0.4) is 0 Å². The van der Waals surface area contributed by atoms with Crippen molar-refractivity contribution in [1.29, 1.82) is 0 Å². The van der Waals surface area contributed by atoms with Crippen molar-refractivity contribution < 1.29 is 19.1 Å². The number of aromatic nitrogens is 4. The Kier molecular flexibility index (Phi) is 6.64. The fourth-order valence-electron chi connectivity index (χ4n) is 3.59. The molecule has 0 saturated carbocycles. The summed E-state index contributed by atoms with van der Waals surface area (Å²) in [5, 5.41) is 19.8. The van der Waals surface area contributed by atoms with Gasteiger partial charge in [-0.25, -0.2) is 0 Å². The maximum absolute atomic E-state index is 10.7. The van der Waals surface area contributed by atoms with E-state index in [0.717, 1.165) is 23.1 Å². The van der Waals surface area contributed by atoms with E-state index in [4.69, 9.17) is 14.0 Å². The number of fused-ring (bicyclic) bond motifs is 1. The molecule has 3 heterocycles. The highest BCUT2D eigenvalue weighted by atomic mass is 32.2. The molecule has 180 valence electrons. The summed E-state index contributed by atoms with van der Waals surface area (Å²) in [6.07, 6.45) is 6.98. The Morgan fingerprint density at radius 3 is 2.67 bits per heavy atom. The van der Waals surface area contributed by atoms with Gasteiger partial charge in [0.1, 0.15) is 27.5 Å². The monoisotopic (exact) mass is 499 g/mol. The number of ether oxygens (including phenoxy) is 2. The predicted molar refractivity (Wildman–Crippen MR) is 136 cm³/mol. The highest BCUT2D eigenvalue weighted by Gasteiger charge is 2.18.